The van der Waals surface area contributed by atoms with Crippen molar-refractivity contribution >= 4 is 17.8 Å². The molecule has 0 spiro atoms. The molecular formula is C29H30N2O6. The zero-order valence-corrected chi connectivity index (χ0v) is 21.2. The Kier molecular flexibility index (Phi) is 6.82. The monoisotopic (exact) mass is 502 g/mol. The summed E-state index contributed by atoms with van der Waals surface area (Å²) in [6.07, 6.45) is 3.09. The number of carbonyl (C=O) groups is 3. The average Bonchev–Trinajstić information content (AvgIpc) is 3.37. The predicted molar refractivity (Wildman–Crippen MR) is 135 cm³/mol. The van der Waals surface area contributed by atoms with E-state index in [1.165, 1.54) is 4.90 Å². The minimum Gasteiger partial charge on any atom is -0.490 e. The number of imide groups is 1. The number of fused-ring (bicyclic) bond motifs is 1. The summed E-state index contributed by atoms with van der Waals surface area (Å²) in [5, 5.41) is 4.10. The topological polar surface area (TPSA) is 98.9 Å². The molecule has 2 aliphatic rings. The number of aromatic nitrogens is 1. The lowest BCUT2D eigenvalue weighted by Crippen LogP contribution is -2.31. The van der Waals surface area contributed by atoms with Gasteiger partial charge in [-0.25, -0.2) is 0 Å². The van der Waals surface area contributed by atoms with Crippen LogP contribution in [0.2, 0.25) is 0 Å². The Morgan fingerprint density at radius 2 is 1.73 bits per heavy atom. The highest BCUT2D eigenvalue weighted by Gasteiger charge is 2.36. The molecule has 0 radical (unpaired) electrons. The molecule has 2 aromatic carbocycles. The average molecular weight is 503 g/mol. The van der Waals surface area contributed by atoms with Gasteiger partial charge < -0.3 is 14.0 Å². The Labute approximate surface area is 215 Å². The number of carbonyl (C=O) groups excluding carboxylic acids is 3. The third-order valence-electron chi connectivity index (χ3n) is 6.91. The number of esters is 1. The number of aryl methyl sites for hydroxylation is 1. The van der Waals surface area contributed by atoms with Crippen LogP contribution in [0.25, 0.3) is 11.3 Å². The van der Waals surface area contributed by atoms with Gasteiger partial charge in [-0.1, -0.05) is 17.3 Å². The SMILES string of the molecule is Cc1noc(-c2ccc(O[C@H]3CCC[C@H](C(=O)OC(C)C)C3)cc2)c1CN1C(=O)c2ccccc2C1=O. The lowest BCUT2D eigenvalue weighted by Gasteiger charge is -2.29. The van der Waals surface area contributed by atoms with Crippen molar-refractivity contribution in [2.24, 2.45) is 5.92 Å². The Bertz CT molecular complexity index is 1290. The van der Waals surface area contributed by atoms with Crippen molar-refractivity contribution in [3.63, 3.8) is 0 Å². The zero-order valence-electron chi connectivity index (χ0n) is 21.2. The molecule has 1 aromatic heterocycles. The van der Waals surface area contributed by atoms with Crippen LogP contribution in [0.3, 0.4) is 0 Å². The maximum Gasteiger partial charge on any atom is 0.309 e. The van der Waals surface area contributed by atoms with Gasteiger partial charge in [0.05, 0.1) is 41.5 Å². The van der Waals surface area contributed by atoms with Gasteiger partial charge in [0.25, 0.3) is 11.8 Å². The maximum absolute atomic E-state index is 12.9. The van der Waals surface area contributed by atoms with E-state index in [4.69, 9.17) is 14.0 Å². The summed E-state index contributed by atoms with van der Waals surface area (Å²) in [6.45, 7) is 5.59. The van der Waals surface area contributed by atoms with Gasteiger partial charge >= 0.3 is 5.97 Å². The van der Waals surface area contributed by atoms with E-state index in [2.05, 4.69) is 5.16 Å². The van der Waals surface area contributed by atoms with Gasteiger partial charge in [-0.15, -0.1) is 0 Å². The first-order valence-electron chi connectivity index (χ1n) is 12.7. The molecule has 5 rings (SSSR count). The molecule has 0 N–H and O–H groups in total. The molecule has 8 nitrogen and oxygen atoms in total. The van der Waals surface area contributed by atoms with Crippen LogP contribution >= 0.6 is 0 Å². The molecule has 0 saturated heterocycles. The lowest BCUT2D eigenvalue weighted by atomic mass is 9.87. The molecule has 1 saturated carbocycles. The fraction of sp³-hybridized carbons (Fsp3) is 0.379. The molecule has 3 aromatic rings. The van der Waals surface area contributed by atoms with Gasteiger partial charge in [0.2, 0.25) is 0 Å². The summed E-state index contributed by atoms with van der Waals surface area (Å²) >= 11 is 0. The Balaban J connectivity index is 1.28. The number of hydrogen-bond acceptors (Lipinski definition) is 7. The fourth-order valence-corrected chi connectivity index (χ4v) is 5.01. The van der Waals surface area contributed by atoms with Crippen molar-refractivity contribution in [2.45, 2.75) is 65.2 Å². The van der Waals surface area contributed by atoms with Crippen molar-refractivity contribution in [1.82, 2.24) is 10.1 Å². The highest BCUT2D eigenvalue weighted by Crippen LogP contribution is 2.33. The molecule has 2 amide bonds. The lowest BCUT2D eigenvalue weighted by molar-refractivity contribution is -0.154. The van der Waals surface area contributed by atoms with Crippen LogP contribution in [0.1, 0.15) is 71.5 Å². The van der Waals surface area contributed by atoms with E-state index < -0.39 is 0 Å². The predicted octanol–water partition coefficient (Wildman–Crippen LogP) is 5.34. The zero-order chi connectivity index (χ0) is 26.1. The van der Waals surface area contributed by atoms with E-state index in [1.807, 2.05) is 38.1 Å². The third kappa shape index (κ3) is 5.01. The van der Waals surface area contributed by atoms with Crippen LogP contribution in [0.5, 0.6) is 5.75 Å². The number of rotatable bonds is 7. The third-order valence-corrected chi connectivity index (χ3v) is 6.91. The van der Waals surface area contributed by atoms with Crippen molar-refractivity contribution < 1.29 is 28.4 Å². The Hall–Kier alpha value is -3.94. The van der Waals surface area contributed by atoms with Crippen molar-refractivity contribution in [2.75, 3.05) is 0 Å². The second-order valence-corrected chi connectivity index (χ2v) is 9.93. The molecule has 8 heteroatoms. The normalized spacial score (nSPS) is 19.3. The fourth-order valence-electron chi connectivity index (χ4n) is 5.01. The van der Waals surface area contributed by atoms with Gasteiger partial charge in [-0.2, -0.15) is 0 Å². The number of amides is 2. The smallest absolute Gasteiger partial charge is 0.309 e. The van der Waals surface area contributed by atoms with Crippen LogP contribution in [0.15, 0.2) is 53.1 Å². The quantitative estimate of drug-likeness (QED) is 0.318. The van der Waals surface area contributed by atoms with E-state index >= 15 is 0 Å². The van der Waals surface area contributed by atoms with E-state index in [-0.39, 0.29) is 42.5 Å². The second kappa shape index (κ2) is 10.2. The standard InChI is InChI=1S/C29H30N2O6/c1-17(2)35-29(34)20-7-6-8-22(15-20)36-21-13-11-19(12-14-21)26-25(18(3)30-37-26)16-31-27(32)23-9-4-5-10-24(23)28(31)33/h4-5,9-14,17,20,22H,6-8,15-16H2,1-3H3/t20-,22-/m0/s1. The van der Waals surface area contributed by atoms with E-state index in [0.29, 0.717) is 40.3 Å². The van der Waals surface area contributed by atoms with E-state index in [9.17, 15) is 14.4 Å². The van der Waals surface area contributed by atoms with Gasteiger partial charge in [-0.05, 0) is 82.9 Å². The van der Waals surface area contributed by atoms with Crippen LogP contribution in [0.4, 0.5) is 0 Å². The van der Waals surface area contributed by atoms with Crippen LogP contribution < -0.4 is 4.74 Å². The first kappa shape index (κ1) is 24.7. The summed E-state index contributed by atoms with van der Waals surface area (Å²) < 4.78 is 17.2. The second-order valence-electron chi connectivity index (χ2n) is 9.93. The van der Waals surface area contributed by atoms with Crippen LogP contribution in [0, 0.1) is 12.8 Å². The molecular weight excluding hydrogens is 472 g/mol. The first-order chi connectivity index (χ1) is 17.8. The summed E-state index contributed by atoms with van der Waals surface area (Å²) in [4.78, 5) is 39.3. The molecule has 1 aliphatic heterocycles. The van der Waals surface area contributed by atoms with Gasteiger partial charge in [-0.3, -0.25) is 19.3 Å². The Morgan fingerprint density at radius 1 is 1.05 bits per heavy atom. The molecule has 1 aliphatic carbocycles. The maximum atomic E-state index is 12.9. The van der Waals surface area contributed by atoms with Crippen LogP contribution in [-0.4, -0.2) is 40.0 Å². The van der Waals surface area contributed by atoms with E-state index in [1.54, 1.807) is 31.2 Å². The minimum atomic E-state index is -0.320. The number of benzene rings is 2. The summed E-state index contributed by atoms with van der Waals surface area (Å²) in [7, 11) is 0. The molecule has 0 bridgehead atoms. The summed E-state index contributed by atoms with van der Waals surface area (Å²) in [6, 6.07) is 14.3. The van der Waals surface area contributed by atoms with Crippen molar-refractivity contribution in [1.29, 1.82) is 0 Å². The summed E-state index contributed by atoms with van der Waals surface area (Å²) in [5.74, 6) is 0.282. The number of hydrogen-bond donors (Lipinski definition) is 0. The number of nitrogens with zero attached hydrogens (tertiary/aromatic N) is 2. The molecule has 37 heavy (non-hydrogen) atoms. The molecule has 1 fully saturated rings. The van der Waals surface area contributed by atoms with Crippen LogP contribution in [-0.2, 0) is 16.1 Å². The summed E-state index contributed by atoms with van der Waals surface area (Å²) in [5.41, 5.74) is 2.89. The van der Waals surface area contributed by atoms with Crippen molar-refractivity contribution in [3.05, 3.63) is 70.9 Å². The minimum absolute atomic E-state index is 0.0544. The highest BCUT2D eigenvalue weighted by molar-refractivity contribution is 6.21. The van der Waals surface area contributed by atoms with Gasteiger partial charge in [0.1, 0.15) is 5.75 Å². The first-order valence-corrected chi connectivity index (χ1v) is 12.7. The molecule has 2 atom stereocenters. The van der Waals surface area contributed by atoms with Gasteiger partial charge in [0.15, 0.2) is 5.76 Å². The van der Waals surface area contributed by atoms with Crippen molar-refractivity contribution in [3.8, 4) is 17.1 Å². The molecule has 0 unspecified atom stereocenters. The van der Waals surface area contributed by atoms with E-state index in [0.717, 1.165) is 24.8 Å². The largest absolute Gasteiger partial charge is 0.490 e. The Morgan fingerprint density at radius 3 is 2.38 bits per heavy atom. The number of ether oxygens (including phenoxy) is 2. The van der Waals surface area contributed by atoms with Gasteiger partial charge in [0, 0.05) is 11.1 Å². The highest BCUT2D eigenvalue weighted by atomic mass is 16.5. The molecule has 2 heterocycles. The molecule has 192 valence electrons.